The third-order valence-electron chi connectivity index (χ3n) is 14.4. The van der Waals surface area contributed by atoms with E-state index >= 15 is 0 Å². The van der Waals surface area contributed by atoms with Crippen LogP contribution >= 0.6 is 0 Å². The van der Waals surface area contributed by atoms with Crippen molar-refractivity contribution in [2.45, 2.75) is 195 Å². The molecule has 3 aliphatic rings. The summed E-state index contributed by atoms with van der Waals surface area (Å²) >= 11 is 0. The van der Waals surface area contributed by atoms with Gasteiger partial charge in [-0.3, -0.25) is 19.2 Å². The lowest BCUT2D eigenvalue weighted by atomic mass is 9.82. The van der Waals surface area contributed by atoms with Crippen LogP contribution in [0.1, 0.15) is 108 Å². The van der Waals surface area contributed by atoms with Crippen LogP contribution in [0.2, 0.25) is 0 Å². The summed E-state index contributed by atoms with van der Waals surface area (Å²) in [6.07, 6.45) is 1.86. The summed E-state index contributed by atoms with van der Waals surface area (Å²) < 4.78 is 23.7. The molecule has 0 spiro atoms. The molecule has 80 heavy (non-hydrogen) atoms. The van der Waals surface area contributed by atoms with Gasteiger partial charge in [0.1, 0.15) is 23.9 Å². The monoisotopic (exact) mass is 1130 g/mol. The Morgan fingerprint density at radius 3 is 1.86 bits per heavy atom. The highest BCUT2D eigenvalue weighted by atomic mass is 16.7. The molecular formula is C59H86N2O19. The number of fused-ring (bicyclic) bond motifs is 2. The topological polar surface area (TPSA) is 366 Å². The number of carbonyl (C=O) groups is 4. The number of aliphatic carboxylic acids is 1. The van der Waals surface area contributed by atoms with Gasteiger partial charge in [-0.1, -0.05) is 98.9 Å². The van der Waals surface area contributed by atoms with Crippen molar-refractivity contribution >= 4 is 29.2 Å². The van der Waals surface area contributed by atoms with Gasteiger partial charge in [-0.05, 0) is 69.2 Å². The minimum Gasteiger partial charge on any atom is -0.481 e. The number of ether oxygens (including phenoxy) is 4. The van der Waals surface area contributed by atoms with Crippen molar-refractivity contribution in [3.8, 4) is 0 Å². The maximum Gasteiger partial charge on any atom is 0.311 e. The van der Waals surface area contributed by atoms with Crippen LogP contribution in [0.3, 0.4) is 0 Å². The number of carbonyl (C=O) groups excluding carboxylic acids is 3. The average molecular weight is 1130 g/mol. The van der Waals surface area contributed by atoms with Gasteiger partial charge < -0.3 is 86.2 Å². The van der Waals surface area contributed by atoms with Crippen LogP contribution in [0.15, 0.2) is 109 Å². The summed E-state index contributed by atoms with van der Waals surface area (Å²) in [5.41, 5.74) is 7.35. The maximum absolute atomic E-state index is 13.3. The van der Waals surface area contributed by atoms with Gasteiger partial charge in [0, 0.05) is 62.7 Å². The van der Waals surface area contributed by atoms with Gasteiger partial charge in [0.25, 0.3) is 0 Å². The van der Waals surface area contributed by atoms with Crippen molar-refractivity contribution in [1.82, 2.24) is 0 Å². The molecule has 0 unspecified atom stereocenters. The molecule has 3 heterocycles. The van der Waals surface area contributed by atoms with Gasteiger partial charge >= 0.3 is 11.9 Å². The third-order valence-corrected chi connectivity index (χ3v) is 14.4. The SMILES string of the molecule is CNc1ccc(C(=O)C[C@H](O)CC[C@@H](C)[C@H]2OC(=O)C[C@H](O)CC(=O)C[C@@H](O)C[C@H](O)C[C@@H](O)C[C@@H](O)C[C@@]3(O)C[C@@H](O)[C@@H](C(=O)O)[C@@H](C[C@H](O[C@@H]4O[C@H](C)[C@@H](O)[C@H](N)[C@H]4O)\C=C/C=C\C=C/C=C\C=C/C=C\C=C/[C@@H]2C)O3)cc1. The van der Waals surface area contributed by atoms with Crippen molar-refractivity contribution < 1.29 is 94.3 Å². The zero-order valence-electron chi connectivity index (χ0n) is 46.0. The summed E-state index contributed by atoms with van der Waals surface area (Å²) in [7, 11) is 1.77. The lowest BCUT2D eigenvalue weighted by Crippen LogP contribution is -2.61. The fourth-order valence-electron chi connectivity index (χ4n) is 10.1. The molecule has 0 radical (unpaired) electrons. The fourth-order valence-corrected chi connectivity index (χ4v) is 10.1. The summed E-state index contributed by atoms with van der Waals surface area (Å²) in [4.78, 5) is 51.7. The summed E-state index contributed by atoms with van der Waals surface area (Å²) in [5.74, 6) is -7.75. The number of allylic oxidation sites excluding steroid dienone is 12. The zero-order chi connectivity index (χ0) is 59.1. The van der Waals surface area contributed by atoms with E-state index < -0.39 is 172 Å². The number of Topliss-reactive ketones (excluding diaryl/α,β-unsaturated/α-hetero) is 2. The number of ketones is 2. The molecule has 4 rings (SSSR count). The Bertz CT molecular complexity index is 2300. The second kappa shape index (κ2) is 33.7. The molecule has 1 aromatic carbocycles. The molecule has 21 nitrogen and oxygen atoms in total. The first-order valence-electron chi connectivity index (χ1n) is 27.4. The molecule has 0 saturated carbocycles. The number of hydrogen-bond donors (Lipinski definition) is 13. The lowest BCUT2D eigenvalue weighted by Gasteiger charge is -2.45. The summed E-state index contributed by atoms with van der Waals surface area (Å²) in [5, 5.41) is 122. The number of nitrogens with two attached hydrogens (primary N) is 1. The molecule has 2 fully saturated rings. The second-order valence-electron chi connectivity index (χ2n) is 21.4. The number of carboxylic acids is 1. The van der Waals surface area contributed by atoms with Crippen LogP contribution in [0.4, 0.5) is 5.69 Å². The number of carboxylic acid groups (broad SMARTS) is 1. The van der Waals surface area contributed by atoms with Gasteiger partial charge in [-0.2, -0.15) is 0 Å². The molecule has 1 aromatic rings. The average Bonchev–Trinajstić information content (AvgIpc) is 3.48. The van der Waals surface area contributed by atoms with E-state index in [-0.39, 0.29) is 36.9 Å². The molecule has 0 aliphatic carbocycles. The number of esters is 1. The Kier molecular flexibility index (Phi) is 28.4. The number of anilines is 1. The van der Waals surface area contributed by atoms with Crippen molar-refractivity contribution in [2.75, 3.05) is 12.4 Å². The van der Waals surface area contributed by atoms with Gasteiger partial charge in [-0.25, -0.2) is 0 Å². The maximum atomic E-state index is 13.3. The van der Waals surface area contributed by atoms with Crippen molar-refractivity contribution in [3.05, 3.63) is 115 Å². The van der Waals surface area contributed by atoms with Gasteiger partial charge in [0.2, 0.25) is 0 Å². The Hall–Kier alpha value is -5.08. The number of benzene rings is 1. The van der Waals surface area contributed by atoms with Gasteiger partial charge in [0.15, 0.2) is 17.9 Å². The minimum absolute atomic E-state index is 0.106. The lowest BCUT2D eigenvalue weighted by molar-refractivity contribution is -0.308. The molecular weight excluding hydrogens is 1040 g/mol. The third kappa shape index (κ3) is 23.0. The first-order valence-corrected chi connectivity index (χ1v) is 27.4. The normalized spacial score (nSPS) is 38.0. The molecule has 21 heteroatoms. The quantitative estimate of drug-likeness (QED) is 0.112. The van der Waals surface area contributed by atoms with E-state index in [1.807, 2.05) is 19.9 Å². The number of hydrogen-bond acceptors (Lipinski definition) is 20. The van der Waals surface area contributed by atoms with Crippen LogP contribution in [0.5, 0.6) is 0 Å². The molecule has 0 amide bonds. The standard InChI is InChI=1S/C59H86N2O19/c1-35-17-15-13-11-9-7-5-6-8-10-12-14-16-18-47(78-58-55(73)53(60)54(72)37(3)77-58)32-50-52(57(74)75)49(70)34-59(76,80-50)33-46(68)29-44(66)27-42(64)25-41(63)26-43(65)28-45(67)31-51(71)79-56(35)36(2)19-24-40(62)30-48(69)38-20-22-39(61-4)23-21-38/h5-18,20-23,35-37,40-42,44-47,49-50,52-56,58,61-64,66-68,70,72-73,76H,19,24-34,60H2,1-4H3,(H,74,75)/b6-5-,9-7-,10-8-,13-11-,14-12-,17-15-,18-16-/t35-,36+,37+,40+,41-,42-,44+,45+,46+,47+,49+,50+,52+,53-,54+,55+,56-,58-,59-/m0/s1. The van der Waals surface area contributed by atoms with E-state index in [1.54, 1.807) is 104 Å². The van der Waals surface area contributed by atoms with Crippen molar-refractivity contribution in [3.63, 3.8) is 0 Å². The number of aliphatic hydroxyl groups excluding tert-OH is 9. The van der Waals surface area contributed by atoms with Gasteiger partial charge in [0.05, 0.1) is 79.6 Å². The number of nitrogens with one attached hydrogen (secondary N) is 1. The smallest absolute Gasteiger partial charge is 0.311 e. The van der Waals surface area contributed by atoms with E-state index in [2.05, 4.69) is 5.32 Å². The van der Waals surface area contributed by atoms with Crippen LogP contribution in [0.25, 0.3) is 0 Å². The molecule has 0 aromatic heterocycles. The van der Waals surface area contributed by atoms with Crippen molar-refractivity contribution in [2.24, 2.45) is 23.5 Å². The molecule has 3 aliphatic heterocycles. The van der Waals surface area contributed by atoms with E-state index in [9.17, 15) is 75.3 Å². The van der Waals surface area contributed by atoms with E-state index in [1.165, 1.54) is 13.0 Å². The minimum atomic E-state index is -2.34. The number of rotatable bonds is 11. The molecule has 14 N–H and O–H groups in total. The van der Waals surface area contributed by atoms with Crippen LogP contribution in [0, 0.1) is 17.8 Å². The fraction of sp³-hybridized carbons (Fsp3) is 0.593. The molecule has 19 atom stereocenters. The highest BCUT2D eigenvalue weighted by Gasteiger charge is 2.51. The number of aliphatic hydroxyl groups is 10. The Labute approximate surface area is 468 Å². The second-order valence-corrected chi connectivity index (χ2v) is 21.4. The molecule has 446 valence electrons. The first kappa shape index (κ1) is 67.4. The number of cyclic esters (lactones) is 1. The van der Waals surface area contributed by atoms with Crippen LogP contribution in [-0.2, 0) is 33.3 Å². The molecule has 2 bridgehead atoms. The molecule has 2 saturated heterocycles. The first-order chi connectivity index (χ1) is 37.9. The van der Waals surface area contributed by atoms with Crippen LogP contribution in [-0.4, -0.2) is 184 Å². The Morgan fingerprint density at radius 2 is 1.27 bits per heavy atom. The Balaban J connectivity index is 1.54. The van der Waals surface area contributed by atoms with E-state index in [0.29, 0.717) is 12.0 Å². The predicted molar refractivity (Wildman–Crippen MR) is 295 cm³/mol. The summed E-state index contributed by atoms with van der Waals surface area (Å²) in [6, 6.07) is 5.74. The largest absolute Gasteiger partial charge is 0.481 e. The van der Waals surface area contributed by atoms with Crippen molar-refractivity contribution in [1.29, 1.82) is 0 Å². The highest BCUT2D eigenvalue weighted by molar-refractivity contribution is 5.96. The van der Waals surface area contributed by atoms with Gasteiger partial charge in [-0.15, -0.1) is 0 Å². The van der Waals surface area contributed by atoms with Crippen LogP contribution < -0.4 is 11.1 Å². The summed E-state index contributed by atoms with van der Waals surface area (Å²) in [6.45, 7) is 5.22. The van der Waals surface area contributed by atoms with E-state index in [0.717, 1.165) is 5.69 Å². The highest BCUT2D eigenvalue weighted by Crippen LogP contribution is 2.38. The predicted octanol–water partition coefficient (Wildman–Crippen LogP) is 2.75. The van der Waals surface area contributed by atoms with E-state index in [4.69, 9.17) is 24.7 Å². The Morgan fingerprint density at radius 1 is 0.725 bits per heavy atom. The zero-order valence-corrected chi connectivity index (χ0v) is 46.0.